The summed E-state index contributed by atoms with van der Waals surface area (Å²) in [5, 5.41) is 14.9. The summed E-state index contributed by atoms with van der Waals surface area (Å²) in [6.07, 6.45) is 0. The van der Waals surface area contributed by atoms with Gasteiger partial charge < -0.3 is 5.11 Å². The van der Waals surface area contributed by atoms with Gasteiger partial charge >= 0.3 is 0 Å². The summed E-state index contributed by atoms with van der Waals surface area (Å²) >= 11 is 12.2. The van der Waals surface area contributed by atoms with Crippen LogP contribution in [0.5, 0.6) is 0 Å². The molecule has 0 aliphatic heterocycles. The van der Waals surface area contributed by atoms with E-state index in [4.69, 9.17) is 28.3 Å². The van der Waals surface area contributed by atoms with Gasteiger partial charge in [-0.3, -0.25) is 4.68 Å². The van der Waals surface area contributed by atoms with Crippen molar-refractivity contribution in [2.24, 2.45) is 7.05 Å². The third-order valence-corrected chi connectivity index (χ3v) is 6.03. The van der Waals surface area contributed by atoms with Crippen LogP contribution in [0.25, 0.3) is 22.0 Å². The van der Waals surface area contributed by atoms with Gasteiger partial charge in [-0.05, 0) is 18.2 Å². The Kier molecular flexibility index (Phi) is 4.57. The summed E-state index contributed by atoms with van der Waals surface area (Å²) in [4.78, 5) is 0. The number of rotatable bonds is 4. The molecule has 0 spiro atoms. The minimum atomic E-state index is -3.64. The van der Waals surface area contributed by atoms with Gasteiger partial charge in [0.2, 0.25) is 0 Å². The lowest BCUT2D eigenvalue weighted by Gasteiger charge is -2.06. The van der Waals surface area contributed by atoms with E-state index in [0.717, 1.165) is 11.1 Å². The number of hydrogen-bond acceptors (Lipinski definition) is 4. The molecule has 0 saturated heterocycles. The molecule has 1 N–H and O–H groups in total. The van der Waals surface area contributed by atoms with Crippen molar-refractivity contribution in [2.45, 2.75) is 5.03 Å². The number of sulfone groups is 1. The van der Waals surface area contributed by atoms with Crippen molar-refractivity contribution in [3.8, 4) is 11.1 Å². The van der Waals surface area contributed by atoms with Gasteiger partial charge in [0.05, 0.1) is 12.4 Å². The van der Waals surface area contributed by atoms with Gasteiger partial charge in [0, 0.05) is 33.6 Å². The molecule has 2 aromatic carbocycles. The SMILES string of the molecule is Cn1nc2c(-c3ccc(Cl)cc3Cl)cccc2c1S(=O)(=O)CCO. The minimum absolute atomic E-state index is 0.0819. The van der Waals surface area contributed by atoms with Crippen molar-refractivity contribution >= 4 is 43.9 Å². The number of nitrogens with zero attached hydrogens (tertiary/aromatic N) is 2. The Bertz CT molecular complexity index is 1030. The maximum absolute atomic E-state index is 12.4. The third-order valence-electron chi connectivity index (χ3n) is 3.69. The zero-order valence-corrected chi connectivity index (χ0v) is 15.0. The first-order chi connectivity index (χ1) is 11.3. The van der Waals surface area contributed by atoms with E-state index in [0.29, 0.717) is 20.9 Å². The molecule has 0 bridgehead atoms. The van der Waals surface area contributed by atoms with Crippen molar-refractivity contribution in [3.05, 3.63) is 46.4 Å². The van der Waals surface area contributed by atoms with Gasteiger partial charge in [-0.15, -0.1) is 0 Å². The molecule has 5 nitrogen and oxygen atoms in total. The number of aliphatic hydroxyl groups excluding tert-OH is 1. The maximum atomic E-state index is 12.4. The summed E-state index contributed by atoms with van der Waals surface area (Å²) in [5.41, 5.74) is 1.96. The van der Waals surface area contributed by atoms with Crippen LogP contribution in [0.4, 0.5) is 0 Å². The van der Waals surface area contributed by atoms with Crippen LogP contribution in [0, 0.1) is 0 Å². The van der Waals surface area contributed by atoms with Crippen molar-refractivity contribution in [1.82, 2.24) is 9.78 Å². The highest BCUT2D eigenvalue weighted by molar-refractivity contribution is 7.91. The number of aryl methyl sites for hydroxylation is 1. The van der Waals surface area contributed by atoms with Gasteiger partial charge in [0.15, 0.2) is 14.9 Å². The molecule has 0 unspecified atom stereocenters. The zero-order chi connectivity index (χ0) is 17.5. The highest BCUT2D eigenvalue weighted by Crippen LogP contribution is 2.36. The van der Waals surface area contributed by atoms with Crippen LogP contribution in [-0.2, 0) is 16.9 Å². The number of hydrogen-bond donors (Lipinski definition) is 1. The third kappa shape index (κ3) is 2.91. The summed E-state index contributed by atoms with van der Waals surface area (Å²) in [6, 6.07) is 10.4. The van der Waals surface area contributed by atoms with Crippen LogP contribution < -0.4 is 0 Å². The molecule has 1 heterocycles. The molecular formula is C16H14Cl2N2O3S. The van der Waals surface area contributed by atoms with E-state index in [2.05, 4.69) is 5.10 Å². The molecule has 0 aliphatic rings. The summed E-state index contributed by atoms with van der Waals surface area (Å²) in [7, 11) is -2.08. The zero-order valence-electron chi connectivity index (χ0n) is 12.7. The van der Waals surface area contributed by atoms with Gasteiger partial charge in [-0.25, -0.2) is 8.42 Å². The molecule has 0 amide bonds. The molecule has 126 valence electrons. The molecule has 3 aromatic rings. The van der Waals surface area contributed by atoms with E-state index in [1.165, 1.54) is 4.68 Å². The smallest absolute Gasteiger partial charge is 0.198 e. The first-order valence-corrected chi connectivity index (χ1v) is 9.50. The molecule has 8 heteroatoms. The van der Waals surface area contributed by atoms with Crippen LogP contribution in [-0.4, -0.2) is 35.7 Å². The first-order valence-electron chi connectivity index (χ1n) is 7.10. The molecular weight excluding hydrogens is 371 g/mol. The lowest BCUT2D eigenvalue weighted by atomic mass is 10.0. The molecule has 24 heavy (non-hydrogen) atoms. The van der Waals surface area contributed by atoms with Crippen molar-refractivity contribution < 1.29 is 13.5 Å². The van der Waals surface area contributed by atoms with Gasteiger partial charge in [0.25, 0.3) is 0 Å². The standard InChI is InChI=1S/C16H14Cl2N2O3S/c1-20-16(24(22,23)8-7-21)13-4-2-3-12(15(13)19-20)11-6-5-10(17)9-14(11)18/h2-6,9,21H,7-8H2,1H3. The maximum Gasteiger partial charge on any atom is 0.198 e. The normalized spacial score (nSPS) is 12.0. The Morgan fingerprint density at radius 3 is 2.58 bits per heavy atom. The Morgan fingerprint density at radius 2 is 1.92 bits per heavy atom. The summed E-state index contributed by atoms with van der Waals surface area (Å²) in [6.45, 7) is -0.447. The van der Waals surface area contributed by atoms with Crippen molar-refractivity contribution in [3.63, 3.8) is 0 Å². The molecule has 1 aromatic heterocycles. The average molecular weight is 385 g/mol. The van der Waals surface area contributed by atoms with Crippen molar-refractivity contribution in [2.75, 3.05) is 12.4 Å². The summed E-state index contributed by atoms with van der Waals surface area (Å²) < 4.78 is 26.2. The quantitative estimate of drug-likeness (QED) is 0.748. The van der Waals surface area contributed by atoms with Crippen LogP contribution in [0.2, 0.25) is 10.0 Å². The Balaban J connectivity index is 2.31. The fourth-order valence-corrected chi connectivity index (χ4v) is 4.59. The molecule has 0 radical (unpaired) electrons. The minimum Gasteiger partial charge on any atom is -0.395 e. The monoisotopic (exact) mass is 384 g/mol. The molecule has 3 rings (SSSR count). The van der Waals surface area contributed by atoms with E-state index >= 15 is 0 Å². The van der Waals surface area contributed by atoms with Gasteiger partial charge in [0.1, 0.15) is 5.52 Å². The molecule has 0 atom stereocenters. The van der Waals surface area contributed by atoms with Crippen LogP contribution >= 0.6 is 23.2 Å². The topological polar surface area (TPSA) is 72.2 Å². The highest BCUT2D eigenvalue weighted by Gasteiger charge is 2.24. The fourth-order valence-electron chi connectivity index (χ4n) is 2.70. The van der Waals surface area contributed by atoms with Crippen LogP contribution in [0.1, 0.15) is 0 Å². The number of aliphatic hydroxyl groups is 1. The predicted molar refractivity (Wildman–Crippen MR) is 95.3 cm³/mol. The lowest BCUT2D eigenvalue weighted by Crippen LogP contribution is -2.14. The largest absolute Gasteiger partial charge is 0.395 e. The number of aromatic nitrogens is 2. The number of halogens is 2. The lowest BCUT2D eigenvalue weighted by molar-refractivity contribution is 0.319. The van der Waals surface area contributed by atoms with Crippen LogP contribution in [0.15, 0.2) is 41.4 Å². The highest BCUT2D eigenvalue weighted by atomic mass is 35.5. The van der Waals surface area contributed by atoms with Crippen LogP contribution in [0.3, 0.4) is 0 Å². The Hall–Kier alpha value is -1.60. The average Bonchev–Trinajstić information content (AvgIpc) is 2.84. The molecule has 0 aliphatic carbocycles. The Labute approximate surface area is 149 Å². The Morgan fingerprint density at radius 1 is 1.17 bits per heavy atom. The second kappa shape index (κ2) is 6.37. The predicted octanol–water partition coefficient (Wildman–Crippen LogP) is 3.31. The van der Waals surface area contributed by atoms with E-state index in [-0.39, 0.29) is 10.8 Å². The van der Waals surface area contributed by atoms with E-state index in [1.54, 1.807) is 37.4 Å². The number of fused-ring (bicyclic) bond motifs is 1. The second-order valence-corrected chi connectivity index (χ2v) is 8.17. The van der Waals surface area contributed by atoms with E-state index < -0.39 is 16.4 Å². The number of benzene rings is 2. The second-order valence-electron chi connectivity index (χ2n) is 5.30. The van der Waals surface area contributed by atoms with E-state index in [1.807, 2.05) is 6.07 Å². The summed E-state index contributed by atoms with van der Waals surface area (Å²) in [5.74, 6) is -0.354. The molecule has 0 fully saturated rings. The molecule has 0 saturated carbocycles. The van der Waals surface area contributed by atoms with Gasteiger partial charge in [-0.1, -0.05) is 41.4 Å². The van der Waals surface area contributed by atoms with Gasteiger partial charge in [-0.2, -0.15) is 5.10 Å². The first kappa shape index (κ1) is 17.2. The van der Waals surface area contributed by atoms with E-state index in [9.17, 15) is 8.42 Å². The van der Waals surface area contributed by atoms with Crippen molar-refractivity contribution in [1.29, 1.82) is 0 Å². The fraction of sp³-hybridized carbons (Fsp3) is 0.188.